The van der Waals surface area contributed by atoms with Crippen LogP contribution in [0.15, 0.2) is 41.6 Å². The van der Waals surface area contributed by atoms with Gasteiger partial charge in [-0.25, -0.2) is 17.2 Å². The molecule has 0 N–H and O–H groups in total. The number of benzene rings is 1. The van der Waals surface area contributed by atoms with Gasteiger partial charge in [0, 0.05) is 37.6 Å². The van der Waals surface area contributed by atoms with E-state index in [0.29, 0.717) is 25.6 Å². The summed E-state index contributed by atoms with van der Waals surface area (Å²) >= 11 is 0. The molecular weight excluding hydrogens is 336 g/mol. The first-order valence-corrected chi connectivity index (χ1v) is 9.37. The molecule has 1 aromatic heterocycles. The molecule has 0 unspecified atom stereocenters. The number of aryl methyl sites for hydroxylation is 1. The number of nitrogens with zero attached hydrogens (tertiary/aromatic N) is 3. The Labute approximate surface area is 139 Å². The van der Waals surface area contributed by atoms with E-state index in [2.05, 4.69) is 5.10 Å². The first-order valence-electron chi connectivity index (χ1n) is 7.93. The van der Waals surface area contributed by atoms with E-state index in [1.54, 1.807) is 10.9 Å². The molecule has 0 bridgehead atoms. The second-order valence-electron chi connectivity index (χ2n) is 5.90. The number of rotatable bonds is 5. The van der Waals surface area contributed by atoms with Crippen molar-refractivity contribution in [1.29, 1.82) is 0 Å². The number of sulfonamides is 1. The fraction of sp³-hybridized carbons (Fsp3) is 0.438. The Bertz CT molecular complexity index is 794. The van der Waals surface area contributed by atoms with E-state index in [1.165, 1.54) is 4.31 Å². The van der Waals surface area contributed by atoms with Crippen LogP contribution in [-0.2, 0) is 16.6 Å². The average molecular weight is 355 g/mol. The molecule has 1 fully saturated rings. The molecular formula is C16H19F2N3O2S. The van der Waals surface area contributed by atoms with Crippen molar-refractivity contribution in [1.82, 2.24) is 14.1 Å². The van der Waals surface area contributed by atoms with E-state index in [1.807, 2.05) is 12.3 Å². The van der Waals surface area contributed by atoms with Gasteiger partial charge in [0.25, 0.3) is 0 Å². The highest BCUT2D eigenvalue weighted by Crippen LogP contribution is 2.28. The number of hydrogen-bond donors (Lipinski definition) is 0. The summed E-state index contributed by atoms with van der Waals surface area (Å²) in [5.74, 6) is -1.84. The molecule has 1 saturated heterocycles. The minimum atomic E-state index is -3.99. The van der Waals surface area contributed by atoms with Crippen molar-refractivity contribution in [2.45, 2.75) is 43.2 Å². The summed E-state index contributed by atoms with van der Waals surface area (Å²) in [6.45, 7) is 0.943. The van der Waals surface area contributed by atoms with Crippen LogP contribution in [0.5, 0.6) is 0 Å². The van der Waals surface area contributed by atoms with Gasteiger partial charge in [-0.15, -0.1) is 0 Å². The van der Waals surface area contributed by atoms with Gasteiger partial charge in [0.05, 0.1) is 0 Å². The zero-order valence-corrected chi connectivity index (χ0v) is 13.9. The van der Waals surface area contributed by atoms with Crippen LogP contribution in [0.1, 0.15) is 25.7 Å². The molecule has 0 aliphatic carbocycles. The van der Waals surface area contributed by atoms with Crippen LogP contribution >= 0.6 is 0 Å². The van der Waals surface area contributed by atoms with Crippen molar-refractivity contribution in [3.05, 3.63) is 48.3 Å². The van der Waals surface area contributed by atoms with Crippen LogP contribution in [0.3, 0.4) is 0 Å². The summed E-state index contributed by atoms with van der Waals surface area (Å²) in [6, 6.07) is 4.17. The number of halogens is 2. The van der Waals surface area contributed by atoms with Gasteiger partial charge in [-0.3, -0.25) is 4.68 Å². The van der Waals surface area contributed by atoms with Crippen molar-refractivity contribution in [2.75, 3.05) is 6.54 Å². The van der Waals surface area contributed by atoms with Crippen LogP contribution in [0.2, 0.25) is 0 Å². The lowest BCUT2D eigenvalue weighted by molar-refractivity contribution is 0.231. The number of piperidine rings is 1. The van der Waals surface area contributed by atoms with Crippen molar-refractivity contribution in [2.24, 2.45) is 0 Å². The maximum atomic E-state index is 14.0. The summed E-state index contributed by atoms with van der Waals surface area (Å²) < 4.78 is 55.8. The minimum absolute atomic E-state index is 0.211. The lowest BCUT2D eigenvalue weighted by atomic mass is 10.0. The van der Waals surface area contributed by atoms with Gasteiger partial charge >= 0.3 is 0 Å². The highest BCUT2D eigenvalue weighted by Gasteiger charge is 2.35. The molecule has 1 aromatic carbocycles. The molecule has 24 heavy (non-hydrogen) atoms. The topological polar surface area (TPSA) is 55.2 Å². The molecule has 0 radical (unpaired) electrons. The molecule has 1 aliphatic rings. The summed E-state index contributed by atoms with van der Waals surface area (Å²) in [5.41, 5.74) is 0. The molecule has 1 aliphatic heterocycles. The number of aromatic nitrogens is 2. The molecule has 2 aromatic rings. The first-order chi connectivity index (χ1) is 11.5. The highest BCUT2D eigenvalue weighted by atomic mass is 32.2. The van der Waals surface area contributed by atoms with E-state index in [4.69, 9.17) is 0 Å². The molecule has 0 saturated carbocycles. The van der Waals surface area contributed by atoms with Gasteiger partial charge in [-0.1, -0.05) is 6.42 Å². The lowest BCUT2D eigenvalue weighted by Crippen LogP contribution is -2.44. The van der Waals surface area contributed by atoms with E-state index in [-0.39, 0.29) is 6.04 Å². The predicted octanol–water partition coefficient (Wildman–Crippen LogP) is 2.79. The fourth-order valence-electron chi connectivity index (χ4n) is 3.10. The molecule has 1 atom stereocenters. The third-order valence-electron chi connectivity index (χ3n) is 4.30. The lowest BCUT2D eigenvalue weighted by Gasteiger charge is -2.34. The summed E-state index contributed by atoms with van der Waals surface area (Å²) in [4.78, 5) is -0.463. The van der Waals surface area contributed by atoms with E-state index in [0.717, 1.165) is 31.4 Å². The van der Waals surface area contributed by atoms with Gasteiger partial charge in [-0.05, 0) is 37.5 Å². The molecule has 0 amide bonds. The van der Waals surface area contributed by atoms with Gasteiger partial charge in [0.15, 0.2) is 0 Å². The maximum Gasteiger partial charge on any atom is 0.246 e. The molecule has 8 heteroatoms. The van der Waals surface area contributed by atoms with Crippen molar-refractivity contribution in [3.63, 3.8) is 0 Å². The Morgan fingerprint density at radius 1 is 1.25 bits per heavy atom. The zero-order valence-electron chi connectivity index (χ0n) is 13.1. The minimum Gasteiger partial charge on any atom is -0.273 e. The SMILES string of the molecule is O=S(=O)(c1ccc(F)cc1F)N1CCCC[C@@H]1CCn1cccn1. The second-order valence-corrected chi connectivity index (χ2v) is 7.76. The Kier molecular flexibility index (Phi) is 4.96. The Balaban J connectivity index is 1.83. The standard InChI is InChI=1S/C16H19F2N3O2S/c17-13-5-6-16(15(18)12-13)24(22,23)21-10-2-1-4-14(21)7-11-20-9-3-8-19-20/h3,5-6,8-9,12,14H,1-2,4,7,10-11H2/t14-/m1/s1. The summed E-state index contributed by atoms with van der Waals surface area (Å²) in [5, 5.41) is 4.12. The third kappa shape index (κ3) is 3.49. The van der Waals surface area contributed by atoms with Gasteiger partial charge in [0.2, 0.25) is 10.0 Å². The zero-order chi connectivity index (χ0) is 17.2. The van der Waals surface area contributed by atoms with Crippen molar-refractivity contribution < 1.29 is 17.2 Å². The van der Waals surface area contributed by atoms with Gasteiger partial charge < -0.3 is 0 Å². The first kappa shape index (κ1) is 17.0. The van der Waals surface area contributed by atoms with E-state index in [9.17, 15) is 17.2 Å². The summed E-state index contributed by atoms with van der Waals surface area (Å²) in [7, 11) is -3.99. The van der Waals surface area contributed by atoms with Crippen LogP contribution in [0.25, 0.3) is 0 Å². The highest BCUT2D eigenvalue weighted by molar-refractivity contribution is 7.89. The normalized spacial score (nSPS) is 19.5. The second kappa shape index (κ2) is 6.98. The maximum absolute atomic E-state index is 14.0. The quantitative estimate of drug-likeness (QED) is 0.829. The molecule has 3 rings (SSSR count). The summed E-state index contributed by atoms with van der Waals surface area (Å²) in [6.07, 6.45) is 6.49. The van der Waals surface area contributed by atoms with Crippen molar-refractivity contribution >= 4 is 10.0 Å². The van der Waals surface area contributed by atoms with E-state index < -0.39 is 26.6 Å². The Morgan fingerprint density at radius 3 is 2.79 bits per heavy atom. The monoisotopic (exact) mass is 355 g/mol. The molecule has 5 nitrogen and oxygen atoms in total. The fourth-order valence-corrected chi connectivity index (χ4v) is 4.87. The van der Waals surface area contributed by atoms with E-state index >= 15 is 0 Å². The molecule has 0 spiro atoms. The Morgan fingerprint density at radius 2 is 2.08 bits per heavy atom. The largest absolute Gasteiger partial charge is 0.273 e. The molecule has 2 heterocycles. The smallest absolute Gasteiger partial charge is 0.246 e. The van der Waals surface area contributed by atoms with Gasteiger partial charge in [0.1, 0.15) is 16.5 Å². The average Bonchev–Trinajstić information content (AvgIpc) is 3.06. The van der Waals surface area contributed by atoms with Crippen LogP contribution < -0.4 is 0 Å². The Hall–Kier alpha value is -1.80. The van der Waals surface area contributed by atoms with Crippen LogP contribution in [-0.4, -0.2) is 35.1 Å². The van der Waals surface area contributed by atoms with Crippen molar-refractivity contribution in [3.8, 4) is 0 Å². The van der Waals surface area contributed by atoms with Crippen LogP contribution in [0.4, 0.5) is 8.78 Å². The predicted molar refractivity (Wildman–Crippen MR) is 84.7 cm³/mol. The van der Waals surface area contributed by atoms with Crippen LogP contribution in [0, 0.1) is 11.6 Å². The molecule has 130 valence electrons. The number of hydrogen-bond acceptors (Lipinski definition) is 3. The van der Waals surface area contributed by atoms with Gasteiger partial charge in [-0.2, -0.15) is 9.40 Å². The third-order valence-corrected chi connectivity index (χ3v) is 6.29.